The van der Waals surface area contributed by atoms with E-state index in [2.05, 4.69) is 4.98 Å². The van der Waals surface area contributed by atoms with E-state index in [0.29, 0.717) is 10.8 Å². The van der Waals surface area contributed by atoms with Crippen LogP contribution in [0.1, 0.15) is 25.3 Å². The molecule has 1 rings (SSSR count). The molecule has 1 aromatic heterocycles. The zero-order valence-electron chi connectivity index (χ0n) is 8.07. The molecule has 0 saturated carbocycles. The van der Waals surface area contributed by atoms with E-state index in [1.165, 1.54) is 12.5 Å². The van der Waals surface area contributed by atoms with E-state index < -0.39 is 9.73 Å². The number of nitrogens with one attached hydrogen (secondary N) is 1. The Balaban J connectivity index is 3.21. The number of rotatable bonds is 2. The van der Waals surface area contributed by atoms with Crippen LogP contribution in [-0.2, 0) is 9.73 Å². The van der Waals surface area contributed by atoms with Gasteiger partial charge in [-0.15, -0.1) is 0 Å². The van der Waals surface area contributed by atoms with Crippen molar-refractivity contribution in [1.29, 1.82) is 4.78 Å². The zero-order chi connectivity index (χ0) is 10.1. The molecule has 0 aromatic carbocycles. The van der Waals surface area contributed by atoms with E-state index in [0.717, 1.165) is 5.56 Å². The fourth-order valence-electron chi connectivity index (χ4n) is 0.964. The fraction of sp³-hybridized carbons (Fsp3) is 0.444. The molecule has 1 aromatic rings. The first-order valence-corrected chi connectivity index (χ1v) is 6.06. The Morgan fingerprint density at radius 1 is 1.46 bits per heavy atom. The predicted molar refractivity (Wildman–Crippen MR) is 53.4 cm³/mol. The first-order valence-electron chi connectivity index (χ1n) is 4.10. The third kappa shape index (κ3) is 2.52. The van der Waals surface area contributed by atoms with Crippen LogP contribution in [0.4, 0.5) is 0 Å². The van der Waals surface area contributed by atoms with Gasteiger partial charge in [-0.3, -0.25) is 4.98 Å². The molecule has 3 nitrogen and oxygen atoms in total. The first kappa shape index (κ1) is 10.2. The van der Waals surface area contributed by atoms with Crippen molar-refractivity contribution in [2.45, 2.75) is 24.7 Å². The Kier molecular flexibility index (Phi) is 2.71. The average Bonchev–Trinajstić information content (AvgIpc) is 2.03. The maximum Gasteiger partial charge on any atom is 0.0712 e. The molecule has 72 valence electrons. The molecule has 1 atom stereocenters. The van der Waals surface area contributed by atoms with Gasteiger partial charge in [0, 0.05) is 18.6 Å². The van der Waals surface area contributed by atoms with Gasteiger partial charge >= 0.3 is 0 Å². The lowest BCUT2D eigenvalue weighted by Crippen LogP contribution is -1.98. The van der Waals surface area contributed by atoms with Crippen LogP contribution in [0.15, 0.2) is 23.4 Å². The quantitative estimate of drug-likeness (QED) is 0.792. The molecule has 4 heteroatoms. The number of aromatic nitrogens is 1. The largest absolute Gasteiger partial charge is 0.263 e. The minimum absolute atomic E-state index is 0.356. The molecular weight excluding hydrogens is 184 g/mol. The van der Waals surface area contributed by atoms with Gasteiger partial charge in [0.2, 0.25) is 0 Å². The number of hydrogen-bond acceptors (Lipinski definition) is 3. The van der Waals surface area contributed by atoms with E-state index in [4.69, 9.17) is 4.78 Å². The van der Waals surface area contributed by atoms with Crippen molar-refractivity contribution in [2.75, 3.05) is 6.26 Å². The second-order valence-electron chi connectivity index (χ2n) is 3.45. The number of pyridine rings is 1. The van der Waals surface area contributed by atoms with Gasteiger partial charge in [-0.1, -0.05) is 13.8 Å². The summed E-state index contributed by atoms with van der Waals surface area (Å²) >= 11 is 0. The summed E-state index contributed by atoms with van der Waals surface area (Å²) in [5.41, 5.74) is 1.03. The molecule has 1 heterocycles. The van der Waals surface area contributed by atoms with Crippen molar-refractivity contribution in [2.24, 2.45) is 0 Å². The molecule has 0 aliphatic heterocycles. The highest BCUT2D eigenvalue weighted by Gasteiger charge is 2.06. The van der Waals surface area contributed by atoms with E-state index >= 15 is 0 Å². The molecule has 0 aliphatic carbocycles. The van der Waals surface area contributed by atoms with Crippen LogP contribution in [0.5, 0.6) is 0 Å². The number of nitrogens with zero attached hydrogens (tertiary/aromatic N) is 1. The standard InChI is InChI=1S/C9H14N2OS/c1-7(2)8-4-9(6-11-5-8)13(3,10)12/h4-7,10H,1-3H3. The highest BCUT2D eigenvalue weighted by Crippen LogP contribution is 2.16. The maximum atomic E-state index is 11.4. The van der Waals surface area contributed by atoms with Crippen LogP contribution in [0, 0.1) is 4.78 Å². The third-order valence-corrected chi connectivity index (χ3v) is 2.97. The second-order valence-corrected chi connectivity index (χ2v) is 5.61. The monoisotopic (exact) mass is 198 g/mol. The summed E-state index contributed by atoms with van der Waals surface area (Å²) in [4.78, 5) is 4.49. The molecule has 0 fully saturated rings. The normalized spacial score (nSPS) is 15.7. The van der Waals surface area contributed by atoms with Crippen molar-refractivity contribution in [3.8, 4) is 0 Å². The molecular formula is C9H14N2OS. The van der Waals surface area contributed by atoms with Crippen LogP contribution in [0.3, 0.4) is 0 Å². The number of hydrogen-bond donors (Lipinski definition) is 1. The smallest absolute Gasteiger partial charge is 0.0712 e. The Labute approximate surface area is 79.2 Å². The van der Waals surface area contributed by atoms with Crippen LogP contribution in [-0.4, -0.2) is 15.4 Å². The molecule has 0 saturated heterocycles. The van der Waals surface area contributed by atoms with Crippen LogP contribution < -0.4 is 0 Å². The van der Waals surface area contributed by atoms with Crippen molar-refractivity contribution >= 4 is 9.73 Å². The molecule has 0 spiro atoms. The van der Waals surface area contributed by atoms with E-state index in [1.807, 2.05) is 13.8 Å². The molecule has 1 unspecified atom stereocenters. The van der Waals surface area contributed by atoms with Crippen molar-refractivity contribution in [3.63, 3.8) is 0 Å². The zero-order valence-corrected chi connectivity index (χ0v) is 8.89. The molecule has 13 heavy (non-hydrogen) atoms. The van der Waals surface area contributed by atoms with Crippen LogP contribution in [0.25, 0.3) is 0 Å². The Morgan fingerprint density at radius 3 is 2.54 bits per heavy atom. The lowest BCUT2D eigenvalue weighted by Gasteiger charge is -2.06. The van der Waals surface area contributed by atoms with E-state index in [9.17, 15) is 4.21 Å². The molecule has 0 amide bonds. The maximum absolute atomic E-state index is 11.4. The van der Waals surface area contributed by atoms with Crippen LogP contribution >= 0.6 is 0 Å². The van der Waals surface area contributed by atoms with Gasteiger partial charge < -0.3 is 0 Å². The van der Waals surface area contributed by atoms with Crippen LogP contribution in [0.2, 0.25) is 0 Å². The third-order valence-electron chi connectivity index (χ3n) is 1.85. The Bertz CT molecular complexity index is 396. The predicted octanol–water partition coefficient (Wildman–Crippen LogP) is 2.24. The first-order chi connectivity index (χ1) is 5.91. The van der Waals surface area contributed by atoms with Gasteiger partial charge in [-0.05, 0) is 17.5 Å². The van der Waals surface area contributed by atoms with Gasteiger partial charge in [0.1, 0.15) is 0 Å². The van der Waals surface area contributed by atoms with Gasteiger partial charge in [-0.2, -0.15) is 0 Å². The molecule has 0 aliphatic rings. The highest BCUT2D eigenvalue weighted by molar-refractivity contribution is 7.91. The summed E-state index contributed by atoms with van der Waals surface area (Å²) in [7, 11) is -2.62. The van der Waals surface area contributed by atoms with Gasteiger partial charge in [0.15, 0.2) is 0 Å². The van der Waals surface area contributed by atoms with Gasteiger partial charge in [0.25, 0.3) is 0 Å². The summed E-state index contributed by atoms with van der Waals surface area (Å²) in [5, 5.41) is 0. The molecule has 0 radical (unpaired) electrons. The van der Waals surface area contributed by atoms with Gasteiger partial charge in [-0.25, -0.2) is 8.99 Å². The van der Waals surface area contributed by atoms with E-state index in [1.54, 1.807) is 12.3 Å². The summed E-state index contributed by atoms with van der Waals surface area (Å²) in [6.45, 7) is 4.09. The molecule has 1 N–H and O–H groups in total. The second kappa shape index (κ2) is 3.46. The fourth-order valence-corrected chi connectivity index (χ4v) is 1.59. The summed E-state index contributed by atoms with van der Waals surface area (Å²) in [5.74, 6) is 0.356. The SMILES string of the molecule is CC(C)c1cncc(S(C)(=N)=O)c1. The summed E-state index contributed by atoms with van der Waals surface area (Å²) in [6, 6.07) is 1.80. The topological polar surface area (TPSA) is 53.8 Å². The van der Waals surface area contributed by atoms with E-state index in [-0.39, 0.29) is 0 Å². The average molecular weight is 198 g/mol. The summed E-state index contributed by atoms with van der Waals surface area (Å²) < 4.78 is 18.8. The minimum atomic E-state index is -2.62. The van der Waals surface area contributed by atoms with Crippen molar-refractivity contribution < 1.29 is 4.21 Å². The Morgan fingerprint density at radius 2 is 2.08 bits per heavy atom. The Hall–Kier alpha value is -0.900. The lowest BCUT2D eigenvalue weighted by atomic mass is 10.1. The molecule has 0 bridgehead atoms. The lowest BCUT2D eigenvalue weighted by molar-refractivity contribution is 0.678. The van der Waals surface area contributed by atoms with Crippen molar-refractivity contribution in [3.05, 3.63) is 24.0 Å². The minimum Gasteiger partial charge on any atom is -0.263 e. The van der Waals surface area contributed by atoms with Gasteiger partial charge in [0.05, 0.1) is 14.6 Å². The van der Waals surface area contributed by atoms with Crippen molar-refractivity contribution in [1.82, 2.24) is 4.98 Å². The summed E-state index contributed by atoms with van der Waals surface area (Å²) in [6.07, 6.45) is 4.66. The highest BCUT2D eigenvalue weighted by atomic mass is 32.2.